The van der Waals surface area contributed by atoms with Gasteiger partial charge in [0, 0.05) is 23.4 Å². The molecule has 3 N–H and O–H groups in total. The monoisotopic (exact) mass is 282 g/mol. The van der Waals surface area contributed by atoms with Crippen LogP contribution in [-0.4, -0.2) is 11.7 Å². The zero-order chi connectivity index (χ0) is 15.2. The van der Waals surface area contributed by atoms with Gasteiger partial charge in [-0.3, -0.25) is 9.59 Å². The van der Waals surface area contributed by atoms with Gasteiger partial charge in [-0.15, -0.1) is 0 Å². The van der Waals surface area contributed by atoms with Crippen LogP contribution < -0.4 is 11.1 Å². The Morgan fingerprint density at radius 3 is 2.43 bits per heavy atom. The Labute approximate surface area is 124 Å². The topological polar surface area (TPSA) is 72.2 Å². The third-order valence-corrected chi connectivity index (χ3v) is 3.17. The number of hydrogen-bond donors (Lipinski definition) is 2. The Kier molecular flexibility index (Phi) is 4.72. The summed E-state index contributed by atoms with van der Waals surface area (Å²) in [6, 6.07) is 14.4. The van der Waals surface area contributed by atoms with E-state index in [1.807, 2.05) is 24.3 Å². The molecule has 0 radical (unpaired) electrons. The van der Waals surface area contributed by atoms with E-state index in [2.05, 4.69) is 5.32 Å². The predicted octanol–water partition coefficient (Wildman–Crippen LogP) is 3.04. The summed E-state index contributed by atoms with van der Waals surface area (Å²) >= 11 is 0. The van der Waals surface area contributed by atoms with Gasteiger partial charge in [0.1, 0.15) is 0 Å². The maximum absolute atomic E-state index is 11.9. The number of carbonyl (C=O) groups excluding carboxylic acids is 2. The van der Waals surface area contributed by atoms with Gasteiger partial charge < -0.3 is 11.1 Å². The molecule has 0 aromatic heterocycles. The highest BCUT2D eigenvalue weighted by Crippen LogP contribution is 2.12. The van der Waals surface area contributed by atoms with Gasteiger partial charge in [-0.25, -0.2) is 0 Å². The molecular weight excluding hydrogens is 264 g/mol. The molecule has 0 spiro atoms. The second-order valence-electron chi connectivity index (χ2n) is 4.93. The van der Waals surface area contributed by atoms with Gasteiger partial charge in [0.25, 0.3) is 0 Å². The van der Waals surface area contributed by atoms with E-state index in [0.717, 1.165) is 5.56 Å². The van der Waals surface area contributed by atoms with E-state index in [0.29, 0.717) is 29.8 Å². The summed E-state index contributed by atoms with van der Waals surface area (Å²) in [7, 11) is 0. The first-order valence-electron chi connectivity index (χ1n) is 6.80. The molecule has 4 nitrogen and oxygen atoms in total. The molecule has 1 amide bonds. The fraction of sp³-hybridized carbons (Fsp3) is 0.176. The summed E-state index contributed by atoms with van der Waals surface area (Å²) in [6.45, 7) is 1.51. The van der Waals surface area contributed by atoms with Crippen LogP contribution in [0.1, 0.15) is 29.3 Å². The van der Waals surface area contributed by atoms with Crippen molar-refractivity contribution in [2.75, 3.05) is 11.1 Å². The molecule has 0 heterocycles. The van der Waals surface area contributed by atoms with Gasteiger partial charge in [-0.1, -0.05) is 12.1 Å². The van der Waals surface area contributed by atoms with Crippen molar-refractivity contribution < 1.29 is 9.59 Å². The number of nitrogens with one attached hydrogen (secondary N) is 1. The fourth-order valence-electron chi connectivity index (χ4n) is 2.02. The number of amides is 1. The van der Waals surface area contributed by atoms with Gasteiger partial charge >= 0.3 is 0 Å². The Balaban J connectivity index is 1.88. The second kappa shape index (κ2) is 6.70. The molecule has 0 aliphatic carbocycles. The first-order chi connectivity index (χ1) is 10.0. The Hall–Kier alpha value is -2.62. The number of hydrogen-bond acceptors (Lipinski definition) is 3. The van der Waals surface area contributed by atoms with E-state index in [9.17, 15) is 9.59 Å². The van der Waals surface area contributed by atoms with Crippen molar-refractivity contribution in [3.05, 3.63) is 59.7 Å². The third kappa shape index (κ3) is 4.45. The molecule has 0 atom stereocenters. The van der Waals surface area contributed by atoms with Gasteiger partial charge in [-0.2, -0.15) is 0 Å². The number of ketones is 1. The smallest absolute Gasteiger partial charge is 0.224 e. The minimum absolute atomic E-state index is 0.00884. The van der Waals surface area contributed by atoms with Crippen LogP contribution in [0.15, 0.2) is 48.5 Å². The minimum Gasteiger partial charge on any atom is -0.399 e. The molecule has 0 aliphatic heterocycles. The van der Waals surface area contributed by atoms with E-state index in [-0.39, 0.29) is 11.7 Å². The highest BCUT2D eigenvalue weighted by molar-refractivity contribution is 5.95. The van der Waals surface area contributed by atoms with E-state index in [1.165, 1.54) is 6.92 Å². The van der Waals surface area contributed by atoms with Crippen molar-refractivity contribution in [3.63, 3.8) is 0 Å². The Bertz CT molecular complexity index is 648. The van der Waals surface area contributed by atoms with Crippen molar-refractivity contribution in [1.82, 2.24) is 0 Å². The number of rotatable bonds is 5. The summed E-state index contributed by atoms with van der Waals surface area (Å²) < 4.78 is 0. The van der Waals surface area contributed by atoms with Crippen LogP contribution >= 0.6 is 0 Å². The van der Waals surface area contributed by atoms with Crippen LogP contribution in [0.4, 0.5) is 11.4 Å². The van der Waals surface area contributed by atoms with Crippen molar-refractivity contribution in [3.8, 4) is 0 Å². The first kappa shape index (κ1) is 14.8. The lowest BCUT2D eigenvalue weighted by Gasteiger charge is -2.06. The minimum atomic E-state index is -0.0620. The second-order valence-corrected chi connectivity index (χ2v) is 4.93. The summed E-state index contributed by atoms with van der Waals surface area (Å²) in [5.41, 5.74) is 8.76. The standard InChI is InChI=1S/C17H18N2O2/c1-12(20)14-6-8-16(9-7-14)19-17(21)10-5-13-3-2-4-15(18)11-13/h2-4,6-9,11H,5,10,18H2,1H3,(H,19,21). The van der Waals surface area contributed by atoms with Gasteiger partial charge in [0.15, 0.2) is 5.78 Å². The maximum Gasteiger partial charge on any atom is 0.224 e. The van der Waals surface area contributed by atoms with Crippen molar-refractivity contribution in [2.24, 2.45) is 0 Å². The number of nitrogen functional groups attached to an aromatic ring is 1. The average Bonchev–Trinajstić information content (AvgIpc) is 2.46. The highest BCUT2D eigenvalue weighted by Gasteiger charge is 2.04. The lowest BCUT2D eigenvalue weighted by Crippen LogP contribution is -2.12. The number of nitrogens with two attached hydrogens (primary N) is 1. The number of Topliss-reactive ketones (excluding diaryl/α,β-unsaturated/α-hetero) is 1. The van der Waals surface area contributed by atoms with Crippen molar-refractivity contribution in [2.45, 2.75) is 19.8 Å². The van der Waals surface area contributed by atoms with Crippen LogP contribution in [0.25, 0.3) is 0 Å². The SMILES string of the molecule is CC(=O)c1ccc(NC(=O)CCc2cccc(N)c2)cc1. The lowest BCUT2D eigenvalue weighted by atomic mass is 10.1. The summed E-state index contributed by atoms with van der Waals surface area (Å²) in [4.78, 5) is 23.0. The number of anilines is 2. The van der Waals surface area contributed by atoms with Crippen molar-refractivity contribution in [1.29, 1.82) is 0 Å². The number of carbonyl (C=O) groups is 2. The predicted molar refractivity (Wildman–Crippen MR) is 84.3 cm³/mol. The molecule has 2 aromatic carbocycles. The molecule has 21 heavy (non-hydrogen) atoms. The number of benzene rings is 2. The van der Waals surface area contributed by atoms with Gasteiger partial charge in [-0.05, 0) is 55.3 Å². The average molecular weight is 282 g/mol. The largest absolute Gasteiger partial charge is 0.399 e. The van der Waals surface area contributed by atoms with E-state index >= 15 is 0 Å². The summed E-state index contributed by atoms with van der Waals surface area (Å²) in [6.07, 6.45) is 1.03. The Morgan fingerprint density at radius 1 is 1.10 bits per heavy atom. The molecule has 108 valence electrons. The van der Waals surface area contributed by atoms with Crippen LogP contribution in [0.2, 0.25) is 0 Å². The van der Waals surface area contributed by atoms with Gasteiger partial charge in [0.2, 0.25) is 5.91 Å². The zero-order valence-corrected chi connectivity index (χ0v) is 11.9. The fourth-order valence-corrected chi connectivity index (χ4v) is 2.02. The molecule has 0 saturated carbocycles. The third-order valence-electron chi connectivity index (χ3n) is 3.17. The van der Waals surface area contributed by atoms with E-state index in [1.54, 1.807) is 24.3 Å². The van der Waals surface area contributed by atoms with E-state index in [4.69, 9.17) is 5.73 Å². The lowest BCUT2D eigenvalue weighted by molar-refractivity contribution is -0.116. The molecule has 0 bridgehead atoms. The van der Waals surface area contributed by atoms with E-state index < -0.39 is 0 Å². The van der Waals surface area contributed by atoms with Crippen LogP contribution in [0.5, 0.6) is 0 Å². The maximum atomic E-state index is 11.9. The quantitative estimate of drug-likeness (QED) is 0.654. The van der Waals surface area contributed by atoms with Crippen molar-refractivity contribution >= 4 is 23.1 Å². The first-order valence-corrected chi connectivity index (χ1v) is 6.80. The Morgan fingerprint density at radius 2 is 1.81 bits per heavy atom. The molecule has 4 heteroatoms. The van der Waals surface area contributed by atoms with Gasteiger partial charge in [0.05, 0.1) is 0 Å². The van der Waals surface area contributed by atoms with Crippen LogP contribution in [-0.2, 0) is 11.2 Å². The normalized spacial score (nSPS) is 10.1. The molecule has 2 rings (SSSR count). The highest BCUT2D eigenvalue weighted by atomic mass is 16.1. The molecule has 0 saturated heterocycles. The summed E-state index contributed by atoms with van der Waals surface area (Å²) in [5.74, 6) is -0.0532. The molecular formula is C17H18N2O2. The molecule has 0 aliphatic rings. The van der Waals surface area contributed by atoms with Crippen LogP contribution in [0, 0.1) is 0 Å². The molecule has 0 unspecified atom stereocenters. The summed E-state index contributed by atoms with van der Waals surface area (Å²) in [5, 5.41) is 2.81. The zero-order valence-electron chi connectivity index (χ0n) is 11.9. The number of aryl methyl sites for hydroxylation is 1. The molecule has 0 fully saturated rings. The van der Waals surface area contributed by atoms with Crippen LogP contribution in [0.3, 0.4) is 0 Å². The molecule has 2 aromatic rings.